The van der Waals surface area contributed by atoms with Crippen molar-refractivity contribution < 1.29 is 14.9 Å². The van der Waals surface area contributed by atoms with Crippen molar-refractivity contribution in [1.82, 2.24) is 0 Å². The number of hydrogen-bond acceptors (Lipinski definition) is 3. The first-order valence-electron chi connectivity index (χ1n) is 4.85. The van der Waals surface area contributed by atoms with Gasteiger partial charge in [0.15, 0.2) is 11.5 Å². The summed E-state index contributed by atoms with van der Waals surface area (Å²) in [5.74, 6) is 1.000. The molecule has 0 saturated carbocycles. The van der Waals surface area contributed by atoms with Crippen LogP contribution in [0.1, 0.15) is 25.0 Å². The van der Waals surface area contributed by atoms with Crippen molar-refractivity contribution in [3.63, 3.8) is 0 Å². The molecule has 3 nitrogen and oxygen atoms in total. The van der Waals surface area contributed by atoms with Crippen LogP contribution in [0.15, 0.2) is 18.2 Å². The molecule has 0 saturated heterocycles. The SMILES string of the molecule is CC(O)c1ccc(OCCCCl)c(O)c1. The molecule has 4 heteroatoms. The number of hydrogen-bond donors (Lipinski definition) is 2. The predicted molar refractivity (Wildman–Crippen MR) is 59.6 cm³/mol. The van der Waals surface area contributed by atoms with E-state index < -0.39 is 6.10 Å². The van der Waals surface area contributed by atoms with Gasteiger partial charge in [-0.1, -0.05) is 6.07 Å². The van der Waals surface area contributed by atoms with Crippen LogP contribution in [-0.4, -0.2) is 22.7 Å². The number of aliphatic hydroxyl groups excluding tert-OH is 1. The quantitative estimate of drug-likeness (QED) is 0.604. The Morgan fingerprint density at radius 3 is 2.73 bits per heavy atom. The number of ether oxygens (including phenoxy) is 1. The minimum absolute atomic E-state index is 0.0444. The van der Waals surface area contributed by atoms with Crippen LogP contribution in [0.2, 0.25) is 0 Å². The highest BCUT2D eigenvalue weighted by Gasteiger charge is 2.06. The van der Waals surface area contributed by atoms with Gasteiger partial charge < -0.3 is 14.9 Å². The molecule has 0 aliphatic heterocycles. The average Bonchev–Trinajstić information content (AvgIpc) is 2.20. The Hall–Kier alpha value is -0.930. The third-order valence-electron chi connectivity index (χ3n) is 2.00. The van der Waals surface area contributed by atoms with Crippen LogP contribution < -0.4 is 4.74 Å². The van der Waals surface area contributed by atoms with E-state index in [1.165, 1.54) is 6.07 Å². The van der Waals surface area contributed by atoms with Crippen LogP contribution >= 0.6 is 11.6 Å². The summed E-state index contributed by atoms with van der Waals surface area (Å²) in [6, 6.07) is 4.87. The minimum atomic E-state index is -0.590. The molecule has 2 N–H and O–H groups in total. The summed E-state index contributed by atoms with van der Waals surface area (Å²) in [6.45, 7) is 2.12. The molecule has 0 bridgehead atoms. The molecule has 84 valence electrons. The van der Waals surface area contributed by atoms with Gasteiger partial charge in [-0.3, -0.25) is 0 Å². The topological polar surface area (TPSA) is 49.7 Å². The summed E-state index contributed by atoms with van der Waals surface area (Å²) < 4.78 is 5.30. The van der Waals surface area contributed by atoms with Crippen LogP contribution in [-0.2, 0) is 0 Å². The van der Waals surface area contributed by atoms with E-state index in [-0.39, 0.29) is 5.75 Å². The standard InChI is InChI=1S/C11H15ClO3/c1-8(13)9-3-4-11(10(14)7-9)15-6-2-5-12/h3-4,7-8,13-14H,2,5-6H2,1H3. The van der Waals surface area contributed by atoms with Gasteiger partial charge in [0.1, 0.15) is 0 Å². The van der Waals surface area contributed by atoms with Crippen LogP contribution in [0.5, 0.6) is 11.5 Å². The lowest BCUT2D eigenvalue weighted by atomic mass is 10.1. The average molecular weight is 231 g/mol. The molecule has 1 atom stereocenters. The third kappa shape index (κ3) is 3.61. The Labute approximate surface area is 94.3 Å². The summed E-state index contributed by atoms with van der Waals surface area (Å²) >= 11 is 5.50. The zero-order chi connectivity index (χ0) is 11.3. The Balaban J connectivity index is 2.66. The number of halogens is 1. The van der Waals surface area contributed by atoms with Crippen LogP contribution in [0.3, 0.4) is 0 Å². The predicted octanol–water partition coefficient (Wildman–Crippen LogP) is 2.45. The zero-order valence-corrected chi connectivity index (χ0v) is 9.37. The van der Waals surface area contributed by atoms with E-state index in [1.54, 1.807) is 19.1 Å². The molecule has 0 amide bonds. The van der Waals surface area contributed by atoms with Crippen LogP contribution in [0.4, 0.5) is 0 Å². The molecular weight excluding hydrogens is 216 g/mol. The van der Waals surface area contributed by atoms with E-state index in [0.29, 0.717) is 23.8 Å². The maximum Gasteiger partial charge on any atom is 0.160 e. The molecule has 0 aliphatic carbocycles. The summed E-state index contributed by atoms with van der Waals surface area (Å²) in [4.78, 5) is 0. The highest BCUT2D eigenvalue weighted by atomic mass is 35.5. The van der Waals surface area contributed by atoms with E-state index in [2.05, 4.69) is 0 Å². The normalized spacial score (nSPS) is 12.5. The van der Waals surface area contributed by atoms with Crippen molar-refractivity contribution in [3.8, 4) is 11.5 Å². The van der Waals surface area contributed by atoms with E-state index >= 15 is 0 Å². The van der Waals surface area contributed by atoms with Crippen LogP contribution in [0.25, 0.3) is 0 Å². The fourth-order valence-corrected chi connectivity index (χ4v) is 1.26. The van der Waals surface area contributed by atoms with Crippen molar-refractivity contribution >= 4 is 11.6 Å². The van der Waals surface area contributed by atoms with Gasteiger partial charge in [0.2, 0.25) is 0 Å². The molecule has 0 aromatic heterocycles. The van der Waals surface area contributed by atoms with Gasteiger partial charge in [-0.2, -0.15) is 0 Å². The number of aromatic hydroxyl groups is 1. The number of benzene rings is 1. The fourth-order valence-electron chi connectivity index (χ4n) is 1.15. The maximum atomic E-state index is 9.57. The molecule has 0 fully saturated rings. The van der Waals surface area contributed by atoms with Crippen molar-refractivity contribution in [2.45, 2.75) is 19.4 Å². The largest absolute Gasteiger partial charge is 0.504 e. The second-order valence-electron chi connectivity index (χ2n) is 3.29. The van der Waals surface area contributed by atoms with E-state index in [4.69, 9.17) is 16.3 Å². The number of aliphatic hydroxyl groups is 1. The smallest absolute Gasteiger partial charge is 0.160 e. The van der Waals surface area contributed by atoms with Crippen molar-refractivity contribution in [1.29, 1.82) is 0 Å². The van der Waals surface area contributed by atoms with E-state index in [1.807, 2.05) is 0 Å². The minimum Gasteiger partial charge on any atom is -0.504 e. The summed E-state index contributed by atoms with van der Waals surface area (Å²) in [7, 11) is 0. The molecule has 0 radical (unpaired) electrons. The van der Waals surface area contributed by atoms with E-state index in [9.17, 15) is 10.2 Å². The van der Waals surface area contributed by atoms with Gasteiger partial charge in [-0.05, 0) is 31.0 Å². The molecule has 15 heavy (non-hydrogen) atoms. The number of alkyl halides is 1. The summed E-state index contributed by atoms with van der Waals surface area (Å²) in [6.07, 6.45) is 0.145. The molecular formula is C11H15ClO3. The third-order valence-corrected chi connectivity index (χ3v) is 2.27. The van der Waals surface area contributed by atoms with Crippen molar-refractivity contribution in [3.05, 3.63) is 23.8 Å². The number of rotatable bonds is 5. The lowest BCUT2D eigenvalue weighted by Gasteiger charge is -2.10. The first-order chi connectivity index (χ1) is 7.15. The Morgan fingerprint density at radius 2 is 2.20 bits per heavy atom. The first kappa shape index (κ1) is 12.1. The first-order valence-corrected chi connectivity index (χ1v) is 5.38. The molecule has 0 spiro atoms. The zero-order valence-electron chi connectivity index (χ0n) is 8.61. The number of phenols is 1. The molecule has 1 rings (SSSR count). The summed E-state index contributed by atoms with van der Waals surface area (Å²) in [5, 5.41) is 18.9. The lowest BCUT2D eigenvalue weighted by Crippen LogP contribution is -1.99. The maximum absolute atomic E-state index is 9.57. The molecule has 0 heterocycles. The second kappa shape index (κ2) is 5.83. The van der Waals surface area contributed by atoms with E-state index in [0.717, 1.165) is 6.42 Å². The van der Waals surface area contributed by atoms with Gasteiger partial charge in [0.05, 0.1) is 12.7 Å². The van der Waals surface area contributed by atoms with Gasteiger partial charge in [-0.15, -0.1) is 11.6 Å². The lowest BCUT2D eigenvalue weighted by molar-refractivity contribution is 0.198. The van der Waals surface area contributed by atoms with Crippen LogP contribution in [0, 0.1) is 0 Å². The molecule has 0 aliphatic rings. The summed E-state index contributed by atoms with van der Waals surface area (Å²) in [5.41, 5.74) is 0.664. The molecule has 1 aromatic rings. The van der Waals surface area contributed by atoms with Gasteiger partial charge in [-0.25, -0.2) is 0 Å². The Bertz CT molecular complexity index is 313. The highest BCUT2D eigenvalue weighted by molar-refractivity contribution is 6.17. The van der Waals surface area contributed by atoms with Crippen molar-refractivity contribution in [2.75, 3.05) is 12.5 Å². The Kier molecular flexibility index (Phi) is 4.72. The highest BCUT2D eigenvalue weighted by Crippen LogP contribution is 2.29. The fraction of sp³-hybridized carbons (Fsp3) is 0.455. The second-order valence-corrected chi connectivity index (χ2v) is 3.67. The van der Waals surface area contributed by atoms with Crippen molar-refractivity contribution in [2.24, 2.45) is 0 Å². The molecule has 1 aromatic carbocycles. The number of phenolic OH excluding ortho intramolecular Hbond substituents is 1. The Morgan fingerprint density at radius 1 is 1.47 bits per heavy atom. The monoisotopic (exact) mass is 230 g/mol. The van der Waals surface area contributed by atoms with Gasteiger partial charge >= 0.3 is 0 Å². The van der Waals surface area contributed by atoms with Gasteiger partial charge in [0.25, 0.3) is 0 Å². The molecule has 1 unspecified atom stereocenters. The van der Waals surface area contributed by atoms with Gasteiger partial charge in [0, 0.05) is 5.88 Å².